The number of anilines is 2. The largest absolute Gasteiger partial charge is 0.497 e. The molecule has 0 saturated carbocycles. The zero-order chi connectivity index (χ0) is 18.5. The summed E-state index contributed by atoms with van der Waals surface area (Å²) >= 11 is 1.31. The Kier molecular flexibility index (Phi) is 7.09. The van der Waals surface area contributed by atoms with Gasteiger partial charge in [0.2, 0.25) is 11.8 Å². The van der Waals surface area contributed by atoms with Crippen molar-refractivity contribution in [3.8, 4) is 5.75 Å². The Hall–Kier alpha value is -2.71. The number of aromatic nitrogens is 2. The van der Waals surface area contributed by atoms with Gasteiger partial charge in [0.05, 0.1) is 35.3 Å². The lowest BCUT2D eigenvalue weighted by Gasteiger charge is -2.12. The van der Waals surface area contributed by atoms with Crippen LogP contribution in [0.4, 0.5) is 11.4 Å². The van der Waals surface area contributed by atoms with Gasteiger partial charge in [-0.1, -0.05) is 23.9 Å². The van der Waals surface area contributed by atoms with Gasteiger partial charge in [-0.3, -0.25) is 9.59 Å². The molecule has 0 aliphatic carbocycles. The highest BCUT2D eigenvalue weighted by Crippen LogP contribution is 2.27. The highest BCUT2D eigenvalue weighted by molar-refractivity contribution is 7.99. The first-order valence-electron chi connectivity index (χ1n) is 7.88. The van der Waals surface area contributed by atoms with Crippen LogP contribution in [0.3, 0.4) is 0 Å². The second-order valence-electron chi connectivity index (χ2n) is 5.49. The van der Waals surface area contributed by atoms with Gasteiger partial charge in [-0.05, 0) is 24.3 Å². The fraction of sp³-hybridized carbons (Fsp3) is 0.167. The number of thioether (sulfide) groups is 1. The summed E-state index contributed by atoms with van der Waals surface area (Å²) in [6.07, 6.45) is 0. The number of fused-ring (bicyclic) bond motifs is 1. The second kappa shape index (κ2) is 9.29. The van der Waals surface area contributed by atoms with E-state index >= 15 is 0 Å². The number of carbonyl (C=O) groups excluding carboxylic acids is 2. The van der Waals surface area contributed by atoms with Gasteiger partial charge >= 0.3 is 0 Å². The first-order valence-corrected chi connectivity index (χ1v) is 8.87. The molecule has 3 N–H and O–H groups in total. The van der Waals surface area contributed by atoms with Crippen LogP contribution in [0, 0.1) is 0 Å². The number of nitrogens with one attached hydrogen (secondary N) is 3. The second-order valence-corrected chi connectivity index (χ2v) is 6.45. The van der Waals surface area contributed by atoms with Gasteiger partial charge in [-0.25, -0.2) is 4.98 Å². The van der Waals surface area contributed by atoms with E-state index in [1.54, 1.807) is 18.2 Å². The Morgan fingerprint density at radius 3 is 2.63 bits per heavy atom. The number of carbonyl (C=O) groups is 2. The molecular formula is C18H19ClN4O3S. The van der Waals surface area contributed by atoms with Gasteiger partial charge in [0, 0.05) is 13.0 Å². The van der Waals surface area contributed by atoms with Crippen molar-refractivity contribution < 1.29 is 14.3 Å². The number of ether oxygens (including phenoxy) is 1. The number of benzene rings is 2. The Bertz CT molecular complexity index is 928. The molecular weight excluding hydrogens is 388 g/mol. The summed E-state index contributed by atoms with van der Waals surface area (Å²) < 4.78 is 5.18. The van der Waals surface area contributed by atoms with E-state index < -0.39 is 0 Å². The molecule has 0 spiro atoms. The van der Waals surface area contributed by atoms with Crippen LogP contribution in [0.5, 0.6) is 5.75 Å². The molecule has 0 atom stereocenters. The Morgan fingerprint density at radius 1 is 1.15 bits per heavy atom. The fourth-order valence-electron chi connectivity index (χ4n) is 2.37. The number of hydrogen-bond donors (Lipinski definition) is 3. The molecule has 0 aliphatic heterocycles. The topological polar surface area (TPSA) is 96.1 Å². The fourth-order valence-corrected chi connectivity index (χ4v) is 3.06. The molecule has 0 unspecified atom stereocenters. The SMILES string of the molecule is COc1ccc(NC(C)=O)c(NC(=O)CSc2nc3ccccc3[nH]2)c1.Cl. The predicted molar refractivity (Wildman–Crippen MR) is 110 cm³/mol. The highest BCUT2D eigenvalue weighted by atomic mass is 35.5. The van der Waals surface area contributed by atoms with Crippen molar-refractivity contribution in [2.75, 3.05) is 23.5 Å². The van der Waals surface area contributed by atoms with Crippen molar-refractivity contribution in [2.24, 2.45) is 0 Å². The Labute approximate surface area is 166 Å². The highest BCUT2D eigenvalue weighted by Gasteiger charge is 2.11. The maximum Gasteiger partial charge on any atom is 0.234 e. The molecule has 27 heavy (non-hydrogen) atoms. The van der Waals surface area contributed by atoms with Crippen molar-refractivity contribution in [3.05, 3.63) is 42.5 Å². The summed E-state index contributed by atoms with van der Waals surface area (Å²) in [5.74, 6) is 0.327. The van der Waals surface area contributed by atoms with Crippen LogP contribution in [0.2, 0.25) is 0 Å². The first kappa shape index (κ1) is 20.6. The van der Waals surface area contributed by atoms with Crippen LogP contribution in [0.15, 0.2) is 47.6 Å². The third kappa shape index (κ3) is 5.38. The van der Waals surface area contributed by atoms with Gasteiger partial charge in [-0.15, -0.1) is 12.4 Å². The minimum Gasteiger partial charge on any atom is -0.497 e. The number of hydrogen-bond acceptors (Lipinski definition) is 5. The Balaban J connectivity index is 0.00000261. The summed E-state index contributed by atoms with van der Waals surface area (Å²) in [6, 6.07) is 12.7. The van der Waals surface area contributed by atoms with Crippen LogP contribution in [0.1, 0.15) is 6.92 Å². The lowest BCUT2D eigenvalue weighted by Crippen LogP contribution is -2.17. The number of rotatable bonds is 6. The minimum absolute atomic E-state index is 0. The number of halogens is 1. The Morgan fingerprint density at radius 2 is 1.93 bits per heavy atom. The lowest BCUT2D eigenvalue weighted by atomic mass is 10.2. The van der Waals surface area contributed by atoms with Gasteiger partial charge in [-0.2, -0.15) is 0 Å². The van der Waals surface area contributed by atoms with E-state index in [2.05, 4.69) is 20.6 Å². The standard InChI is InChI=1S/C18H18N4O3S.ClH/c1-11(23)19-15-8-7-12(25-2)9-16(15)20-17(24)10-26-18-21-13-5-3-4-6-14(13)22-18;/h3-9H,10H2,1-2H3,(H,19,23)(H,20,24)(H,21,22);1H. The minimum atomic E-state index is -0.220. The number of methoxy groups -OCH3 is 1. The summed E-state index contributed by atoms with van der Waals surface area (Å²) in [5.41, 5.74) is 2.78. The van der Waals surface area contributed by atoms with Gasteiger partial charge < -0.3 is 20.4 Å². The summed E-state index contributed by atoms with van der Waals surface area (Å²) in [4.78, 5) is 31.2. The van der Waals surface area contributed by atoms with E-state index in [4.69, 9.17) is 4.74 Å². The predicted octanol–water partition coefficient (Wildman–Crippen LogP) is 3.68. The third-order valence-electron chi connectivity index (χ3n) is 3.52. The van der Waals surface area contributed by atoms with E-state index in [-0.39, 0.29) is 30.0 Å². The van der Waals surface area contributed by atoms with Crippen LogP contribution < -0.4 is 15.4 Å². The zero-order valence-electron chi connectivity index (χ0n) is 14.7. The van der Waals surface area contributed by atoms with Crippen LogP contribution in [-0.2, 0) is 9.59 Å². The molecule has 0 fully saturated rings. The molecule has 7 nitrogen and oxygen atoms in total. The summed E-state index contributed by atoms with van der Waals surface area (Å²) in [7, 11) is 1.54. The van der Waals surface area contributed by atoms with E-state index in [0.717, 1.165) is 11.0 Å². The molecule has 1 aromatic heterocycles. The molecule has 142 valence electrons. The lowest BCUT2D eigenvalue weighted by molar-refractivity contribution is -0.115. The van der Waals surface area contributed by atoms with E-state index in [1.165, 1.54) is 25.8 Å². The molecule has 0 bridgehead atoms. The molecule has 1 heterocycles. The van der Waals surface area contributed by atoms with Crippen molar-refractivity contribution >= 4 is 58.4 Å². The number of para-hydroxylation sites is 2. The molecule has 0 saturated heterocycles. The van der Waals surface area contributed by atoms with Gasteiger partial charge in [0.1, 0.15) is 5.75 Å². The first-order chi connectivity index (χ1) is 12.5. The van der Waals surface area contributed by atoms with Crippen molar-refractivity contribution in [2.45, 2.75) is 12.1 Å². The molecule has 9 heteroatoms. The van der Waals surface area contributed by atoms with E-state index in [0.29, 0.717) is 22.3 Å². The molecule has 0 radical (unpaired) electrons. The number of imidazole rings is 1. The average Bonchev–Trinajstić information content (AvgIpc) is 3.04. The quantitative estimate of drug-likeness (QED) is 0.542. The number of amides is 2. The number of H-pyrrole nitrogens is 1. The summed E-state index contributed by atoms with van der Waals surface area (Å²) in [6.45, 7) is 1.41. The van der Waals surface area contributed by atoms with Crippen molar-refractivity contribution in [3.63, 3.8) is 0 Å². The molecule has 0 aliphatic rings. The van der Waals surface area contributed by atoms with Crippen molar-refractivity contribution in [1.82, 2.24) is 9.97 Å². The molecule has 2 amide bonds. The van der Waals surface area contributed by atoms with Gasteiger partial charge in [0.15, 0.2) is 5.16 Å². The normalized spacial score (nSPS) is 10.1. The maximum atomic E-state index is 12.3. The number of aromatic amines is 1. The molecule has 2 aromatic carbocycles. The van der Waals surface area contributed by atoms with E-state index in [1.807, 2.05) is 24.3 Å². The van der Waals surface area contributed by atoms with Crippen molar-refractivity contribution in [1.29, 1.82) is 0 Å². The molecule has 3 rings (SSSR count). The summed E-state index contributed by atoms with van der Waals surface area (Å²) in [5, 5.41) is 6.16. The van der Waals surface area contributed by atoms with Crippen LogP contribution >= 0.6 is 24.2 Å². The molecule has 3 aromatic rings. The average molecular weight is 407 g/mol. The zero-order valence-corrected chi connectivity index (χ0v) is 16.4. The van der Waals surface area contributed by atoms with E-state index in [9.17, 15) is 9.59 Å². The van der Waals surface area contributed by atoms with Gasteiger partial charge in [0.25, 0.3) is 0 Å². The smallest absolute Gasteiger partial charge is 0.234 e. The van der Waals surface area contributed by atoms with Crippen LogP contribution in [0.25, 0.3) is 11.0 Å². The number of nitrogens with zero attached hydrogens (tertiary/aromatic N) is 1. The monoisotopic (exact) mass is 406 g/mol. The maximum absolute atomic E-state index is 12.3. The van der Waals surface area contributed by atoms with Crippen LogP contribution in [-0.4, -0.2) is 34.6 Å². The third-order valence-corrected chi connectivity index (χ3v) is 4.39.